The first kappa shape index (κ1) is 13.7. The molecule has 2 aromatic rings. The highest BCUT2D eigenvalue weighted by Crippen LogP contribution is 2.10. The van der Waals surface area contributed by atoms with E-state index in [4.69, 9.17) is 4.74 Å². The van der Waals surface area contributed by atoms with E-state index in [1.165, 1.54) is 0 Å². The van der Waals surface area contributed by atoms with E-state index in [0.29, 0.717) is 18.7 Å². The summed E-state index contributed by atoms with van der Waals surface area (Å²) in [6.07, 6.45) is 4.04. The zero-order valence-corrected chi connectivity index (χ0v) is 12.1. The number of carbonyl (C=O) groups excluding carboxylic acids is 1. The number of methoxy groups -OCH3 is 1. The van der Waals surface area contributed by atoms with Crippen molar-refractivity contribution in [2.24, 2.45) is 0 Å². The lowest BCUT2D eigenvalue weighted by Gasteiger charge is -2.03. The minimum Gasteiger partial charge on any atom is -0.481 e. The summed E-state index contributed by atoms with van der Waals surface area (Å²) in [6, 6.07) is 7.32. The van der Waals surface area contributed by atoms with E-state index in [2.05, 4.69) is 25.9 Å². The molecule has 4 nitrogen and oxygen atoms in total. The molecule has 5 heteroatoms. The van der Waals surface area contributed by atoms with Crippen LogP contribution in [0.3, 0.4) is 0 Å². The Labute approximate surface area is 120 Å². The molecule has 2 rings (SSSR count). The molecule has 0 atom stereocenters. The highest BCUT2D eigenvalue weighted by molar-refractivity contribution is 9.10. The maximum absolute atomic E-state index is 11.9. The van der Waals surface area contributed by atoms with Crippen LogP contribution in [-0.4, -0.2) is 22.9 Å². The molecule has 0 unspecified atom stereocenters. The summed E-state index contributed by atoms with van der Waals surface area (Å²) in [6.45, 7) is 0. The van der Waals surface area contributed by atoms with Gasteiger partial charge in [0.05, 0.1) is 7.11 Å². The van der Waals surface area contributed by atoms with Crippen molar-refractivity contribution in [3.8, 4) is 5.88 Å². The first-order valence-electron chi connectivity index (χ1n) is 5.78. The van der Waals surface area contributed by atoms with Gasteiger partial charge in [-0.15, -0.1) is 0 Å². The lowest BCUT2D eigenvalue weighted by atomic mass is 10.1. The number of hydrogen-bond acceptors (Lipinski definition) is 4. The van der Waals surface area contributed by atoms with Crippen LogP contribution in [0.15, 0.2) is 41.1 Å². The van der Waals surface area contributed by atoms with Crippen molar-refractivity contribution in [1.82, 2.24) is 9.97 Å². The van der Waals surface area contributed by atoms with Crippen molar-refractivity contribution >= 4 is 21.7 Å². The third-order valence-corrected chi connectivity index (χ3v) is 3.04. The van der Waals surface area contributed by atoms with Gasteiger partial charge in [0, 0.05) is 41.5 Å². The number of hydrogen-bond donors (Lipinski definition) is 0. The van der Waals surface area contributed by atoms with E-state index < -0.39 is 0 Å². The quantitative estimate of drug-likeness (QED) is 0.849. The van der Waals surface area contributed by atoms with Crippen LogP contribution in [-0.2, 0) is 17.6 Å². The number of carbonyl (C=O) groups is 1. The number of pyridine rings is 2. The molecule has 0 N–H and O–H groups in total. The maximum atomic E-state index is 11.9. The summed E-state index contributed by atoms with van der Waals surface area (Å²) >= 11 is 3.31. The van der Waals surface area contributed by atoms with Gasteiger partial charge in [-0.1, -0.05) is 6.07 Å². The number of ketones is 1. The molecule has 0 aromatic carbocycles. The molecule has 2 aromatic heterocycles. The van der Waals surface area contributed by atoms with E-state index in [1.807, 2.05) is 18.2 Å². The van der Waals surface area contributed by atoms with Gasteiger partial charge in [0.1, 0.15) is 5.78 Å². The Hall–Kier alpha value is -1.75. The Bertz CT molecular complexity index is 553. The summed E-state index contributed by atoms with van der Waals surface area (Å²) in [4.78, 5) is 20.2. The normalized spacial score (nSPS) is 10.2. The molecule has 0 amide bonds. The Balaban J connectivity index is 1.95. The topological polar surface area (TPSA) is 52.1 Å². The van der Waals surface area contributed by atoms with Gasteiger partial charge in [-0.25, -0.2) is 4.98 Å². The van der Waals surface area contributed by atoms with Crippen LogP contribution in [0, 0.1) is 0 Å². The molecule has 2 heterocycles. The van der Waals surface area contributed by atoms with E-state index >= 15 is 0 Å². The molecule has 0 aliphatic heterocycles. The molecule has 0 radical (unpaired) electrons. The molecule has 98 valence electrons. The summed E-state index contributed by atoms with van der Waals surface area (Å²) in [5, 5.41) is 0. The minimum absolute atomic E-state index is 0.113. The molecule has 0 saturated heterocycles. The average molecular weight is 321 g/mol. The average Bonchev–Trinajstić information content (AvgIpc) is 2.42. The van der Waals surface area contributed by atoms with Gasteiger partial charge in [-0.3, -0.25) is 9.78 Å². The Morgan fingerprint density at radius 1 is 1.16 bits per heavy atom. The molecule has 0 spiro atoms. The highest BCUT2D eigenvalue weighted by Gasteiger charge is 2.07. The summed E-state index contributed by atoms with van der Waals surface area (Å²) in [5.74, 6) is 0.660. The van der Waals surface area contributed by atoms with Gasteiger partial charge in [0.15, 0.2) is 0 Å². The van der Waals surface area contributed by atoms with E-state index in [1.54, 1.807) is 25.6 Å². The summed E-state index contributed by atoms with van der Waals surface area (Å²) in [5.41, 5.74) is 1.65. The molecular weight excluding hydrogens is 308 g/mol. The molecule has 0 bridgehead atoms. The fourth-order valence-electron chi connectivity index (χ4n) is 1.64. The van der Waals surface area contributed by atoms with Crippen LogP contribution in [0.5, 0.6) is 5.88 Å². The largest absolute Gasteiger partial charge is 0.481 e. The Kier molecular flexibility index (Phi) is 4.63. The third kappa shape index (κ3) is 4.13. The summed E-state index contributed by atoms with van der Waals surface area (Å²) < 4.78 is 5.88. The second-order valence-electron chi connectivity index (χ2n) is 4.07. The second kappa shape index (κ2) is 6.43. The number of ether oxygens (including phenoxy) is 1. The van der Waals surface area contributed by atoms with Crippen LogP contribution in [0.2, 0.25) is 0 Å². The standard InChI is InChI=1S/C14H13BrN2O2/c1-19-14-5-2-10(8-17-14)6-13(18)7-12-4-3-11(15)9-16-12/h2-5,8-9H,6-7H2,1H3. The zero-order chi connectivity index (χ0) is 13.7. The number of rotatable bonds is 5. The van der Waals surface area contributed by atoms with Crippen LogP contribution in [0.25, 0.3) is 0 Å². The third-order valence-electron chi connectivity index (χ3n) is 2.57. The van der Waals surface area contributed by atoms with Gasteiger partial charge in [-0.05, 0) is 33.6 Å². The number of halogens is 1. The highest BCUT2D eigenvalue weighted by atomic mass is 79.9. The van der Waals surface area contributed by atoms with Gasteiger partial charge in [-0.2, -0.15) is 0 Å². The van der Waals surface area contributed by atoms with Gasteiger partial charge in [0.25, 0.3) is 0 Å². The monoisotopic (exact) mass is 320 g/mol. The summed E-state index contributed by atoms with van der Waals surface area (Å²) in [7, 11) is 1.56. The van der Waals surface area contributed by atoms with Crippen molar-refractivity contribution in [2.75, 3.05) is 7.11 Å². The van der Waals surface area contributed by atoms with Crippen LogP contribution in [0.1, 0.15) is 11.3 Å². The lowest BCUT2D eigenvalue weighted by molar-refractivity contribution is -0.117. The predicted molar refractivity (Wildman–Crippen MR) is 75.1 cm³/mol. The number of aromatic nitrogens is 2. The Morgan fingerprint density at radius 2 is 2.00 bits per heavy atom. The molecule has 0 saturated carbocycles. The number of nitrogens with zero attached hydrogens (tertiary/aromatic N) is 2. The van der Waals surface area contributed by atoms with Crippen molar-refractivity contribution in [1.29, 1.82) is 0 Å². The Morgan fingerprint density at radius 3 is 2.58 bits per heavy atom. The van der Waals surface area contributed by atoms with E-state index in [-0.39, 0.29) is 5.78 Å². The molecule has 19 heavy (non-hydrogen) atoms. The van der Waals surface area contributed by atoms with Crippen LogP contribution < -0.4 is 4.74 Å². The van der Waals surface area contributed by atoms with Crippen molar-refractivity contribution in [2.45, 2.75) is 12.8 Å². The van der Waals surface area contributed by atoms with Crippen molar-refractivity contribution in [3.05, 3.63) is 52.4 Å². The van der Waals surface area contributed by atoms with Gasteiger partial charge < -0.3 is 4.74 Å². The fraction of sp³-hybridized carbons (Fsp3) is 0.214. The molecule has 0 aliphatic carbocycles. The van der Waals surface area contributed by atoms with Crippen molar-refractivity contribution < 1.29 is 9.53 Å². The SMILES string of the molecule is COc1ccc(CC(=O)Cc2ccc(Br)cn2)cn1. The van der Waals surface area contributed by atoms with Gasteiger partial charge >= 0.3 is 0 Å². The second-order valence-corrected chi connectivity index (χ2v) is 4.98. The predicted octanol–water partition coefficient (Wildman–Crippen LogP) is 2.60. The van der Waals surface area contributed by atoms with Crippen LogP contribution in [0.4, 0.5) is 0 Å². The minimum atomic E-state index is 0.113. The zero-order valence-electron chi connectivity index (χ0n) is 10.5. The lowest BCUT2D eigenvalue weighted by Crippen LogP contribution is -2.08. The maximum Gasteiger partial charge on any atom is 0.212 e. The molecule has 0 aliphatic rings. The van der Waals surface area contributed by atoms with Gasteiger partial charge in [0.2, 0.25) is 5.88 Å². The fourth-order valence-corrected chi connectivity index (χ4v) is 1.87. The number of Topliss-reactive ketones (excluding diaryl/α,β-unsaturated/α-hetero) is 1. The molecule has 0 fully saturated rings. The molecular formula is C14H13BrN2O2. The first-order chi connectivity index (χ1) is 9.17. The smallest absolute Gasteiger partial charge is 0.212 e. The van der Waals surface area contributed by atoms with Crippen LogP contribution >= 0.6 is 15.9 Å². The van der Waals surface area contributed by atoms with E-state index in [0.717, 1.165) is 15.7 Å². The first-order valence-corrected chi connectivity index (χ1v) is 6.58. The van der Waals surface area contributed by atoms with E-state index in [9.17, 15) is 4.79 Å². The van der Waals surface area contributed by atoms with Crippen molar-refractivity contribution in [3.63, 3.8) is 0 Å².